The lowest BCUT2D eigenvalue weighted by Gasteiger charge is -2.11. The molecule has 0 aromatic heterocycles. The van der Waals surface area contributed by atoms with Gasteiger partial charge in [0.15, 0.2) is 6.29 Å². The summed E-state index contributed by atoms with van der Waals surface area (Å²) < 4.78 is 9.83. The maximum atomic E-state index is 10.1. The molecule has 0 unspecified atom stereocenters. The highest BCUT2D eigenvalue weighted by Crippen LogP contribution is 2.07. The minimum absolute atomic E-state index is 0.185. The molecule has 0 spiro atoms. The van der Waals surface area contributed by atoms with E-state index in [0.717, 1.165) is 0 Å². The van der Waals surface area contributed by atoms with Crippen LogP contribution in [0, 0.1) is 0 Å². The van der Waals surface area contributed by atoms with Gasteiger partial charge in [-0.25, -0.2) is 0 Å². The van der Waals surface area contributed by atoms with Gasteiger partial charge >= 0.3 is 5.97 Å². The van der Waals surface area contributed by atoms with Gasteiger partial charge in [-0.15, -0.1) is 0 Å². The molecule has 1 N–H and O–H groups in total. The molecule has 0 fully saturated rings. The van der Waals surface area contributed by atoms with Crippen molar-refractivity contribution in [2.24, 2.45) is 0 Å². The summed E-state index contributed by atoms with van der Waals surface area (Å²) in [7, 11) is 3.12. The number of rotatable bonds is 7. The average molecular weight is 194 g/mol. The number of carbonyl (C=O) groups is 1. The molecule has 0 radical (unpaired) electrons. The summed E-state index contributed by atoms with van der Waals surface area (Å²) in [6.07, 6.45) is -0.0473. The van der Waals surface area contributed by atoms with Crippen molar-refractivity contribution in [1.82, 2.24) is 0 Å². The molecule has 0 saturated heterocycles. The van der Waals surface area contributed by atoms with Crippen LogP contribution in [-0.4, -0.2) is 43.1 Å². The molecule has 0 aliphatic heterocycles. The molecule has 5 heteroatoms. The first-order chi connectivity index (χ1) is 5.70. The molecule has 0 bridgehead atoms. The summed E-state index contributed by atoms with van der Waals surface area (Å²) in [5.74, 6) is 0.493. The standard InChI is InChI=1S/C7H14O4S/c1-10-7(11-2)5-12-4-3-6(8)9/h7H,3-5H2,1-2H3,(H,8,9). The summed E-state index contributed by atoms with van der Waals surface area (Å²) >= 11 is 1.51. The number of thioether (sulfide) groups is 1. The third kappa shape index (κ3) is 6.45. The van der Waals surface area contributed by atoms with E-state index in [2.05, 4.69) is 0 Å². The molecule has 0 rings (SSSR count). The van der Waals surface area contributed by atoms with Gasteiger partial charge in [-0.2, -0.15) is 11.8 Å². The Balaban J connectivity index is 3.23. The molecule has 0 aromatic carbocycles. The van der Waals surface area contributed by atoms with Gasteiger partial charge in [0.1, 0.15) is 0 Å². The van der Waals surface area contributed by atoms with Crippen molar-refractivity contribution in [2.45, 2.75) is 12.7 Å². The van der Waals surface area contributed by atoms with E-state index in [1.54, 1.807) is 14.2 Å². The van der Waals surface area contributed by atoms with Crippen molar-refractivity contribution >= 4 is 17.7 Å². The Bertz CT molecular complexity index is 125. The van der Waals surface area contributed by atoms with Gasteiger partial charge in [0.05, 0.1) is 6.42 Å². The molecular formula is C7H14O4S. The smallest absolute Gasteiger partial charge is 0.304 e. The van der Waals surface area contributed by atoms with Gasteiger partial charge in [0.2, 0.25) is 0 Å². The first-order valence-corrected chi connectivity index (χ1v) is 4.71. The highest BCUT2D eigenvalue weighted by Gasteiger charge is 2.04. The van der Waals surface area contributed by atoms with Crippen molar-refractivity contribution in [3.05, 3.63) is 0 Å². The summed E-state index contributed by atoms with van der Waals surface area (Å²) in [5.41, 5.74) is 0. The Morgan fingerprint density at radius 3 is 2.50 bits per heavy atom. The first kappa shape index (κ1) is 11.7. The van der Waals surface area contributed by atoms with Gasteiger partial charge in [-0.05, 0) is 0 Å². The summed E-state index contributed by atoms with van der Waals surface area (Å²) in [5, 5.41) is 8.32. The number of carboxylic acid groups (broad SMARTS) is 1. The van der Waals surface area contributed by atoms with Gasteiger partial charge in [0, 0.05) is 25.7 Å². The monoisotopic (exact) mass is 194 g/mol. The van der Waals surface area contributed by atoms with E-state index in [1.165, 1.54) is 11.8 Å². The van der Waals surface area contributed by atoms with E-state index >= 15 is 0 Å². The molecule has 12 heavy (non-hydrogen) atoms. The second-order valence-corrected chi connectivity index (χ2v) is 3.27. The zero-order valence-corrected chi connectivity index (χ0v) is 8.10. The zero-order valence-electron chi connectivity index (χ0n) is 7.28. The van der Waals surface area contributed by atoms with Gasteiger partial charge in [-0.1, -0.05) is 0 Å². The number of carboxylic acids is 1. The molecule has 4 nitrogen and oxygen atoms in total. The lowest BCUT2D eigenvalue weighted by Crippen LogP contribution is -2.16. The molecule has 0 aromatic rings. The summed E-state index contributed by atoms with van der Waals surface area (Å²) in [4.78, 5) is 10.1. The lowest BCUT2D eigenvalue weighted by atomic mass is 10.5. The van der Waals surface area contributed by atoms with Crippen LogP contribution >= 0.6 is 11.8 Å². The predicted octanol–water partition coefficient (Wildman–Crippen LogP) is 0.813. The molecule has 0 atom stereocenters. The van der Waals surface area contributed by atoms with Crippen LogP contribution in [0.15, 0.2) is 0 Å². The highest BCUT2D eigenvalue weighted by atomic mass is 32.2. The van der Waals surface area contributed by atoms with E-state index in [-0.39, 0.29) is 12.7 Å². The van der Waals surface area contributed by atoms with Crippen molar-refractivity contribution in [3.8, 4) is 0 Å². The maximum Gasteiger partial charge on any atom is 0.304 e. The molecule has 72 valence electrons. The van der Waals surface area contributed by atoms with E-state index in [4.69, 9.17) is 14.6 Å². The van der Waals surface area contributed by atoms with E-state index in [1.807, 2.05) is 0 Å². The number of hydrogen-bond donors (Lipinski definition) is 1. The third-order valence-electron chi connectivity index (χ3n) is 1.24. The lowest BCUT2D eigenvalue weighted by molar-refractivity contribution is -0.136. The third-order valence-corrected chi connectivity index (χ3v) is 2.24. The summed E-state index contributed by atoms with van der Waals surface area (Å²) in [6.45, 7) is 0. The predicted molar refractivity (Wildman–Crippen MR) is 47.4 cm³/mol. The van der Waals surface area contributed by atoms with Crippen LogP contribution in [0.4, 0.5) is 0 Å². The average Bonchev–Trinajstić information content (AvgIpc) is 2.04. The van der Waals surface area contributed by atoms with Crippen LogP contribution in [0.2, 0.25) is 0 Å². The molecular weight excluding hydrogens is 180 g/mol. The van der Waals surface area contributed by atoms with Crippen LogP contribution in [0.25, 0.3) is 0 Å². The molecule has 0 heterocycles. The first-order valence-electron chi connectivity index (χ1n) is 3.55. The zero-order chi connectivity index (χ0) is 9.40. The van der Waals surface area contributed by atoms with Crippen molar-refractivity contribution in [3.63, 3.8) is 0 Å². The van der Waals surface area contributed by atoms with Crippen LogP contribution in [0.1, 0.15) is 6.42 Å². The number of hydrogen-bond acceptors (Lipinski definition) is 4. The van der Waals surface area contributed by atoms with Crippen LogP contribution in [-0.2, 0) is 14.3 Å². The SMILES string of the molecule is COC(CSCCC(=O)O)OC. The minimum atomic E-state index is -0.770. The Labute approximate surface area is 76.2 Å². The van der Waals surface area contributed by atoms with Crippen molar-refractivity contribution < 1.29 is 19.4 Å². The molecule has 0 aliphatic carbocycles. The van der Waals surface area contributed by atoms with Gasteiger partial charge in [0.25, 0.3) is 0 Å². The van der Waals surface area contributed by atoms with Crippen molar-refractivity contribution in [1.29, 1.82) is 0 Å². The fourth-order valence-corrected chi connectivity index (χ4v) is 1.52. The van der Waals surface area contributed by atoms with E-state index < -0.39 is 5.97 Å². The van der Waals surface area contributed by atoms with Crippen LogP contribution in [0.5, 0.6) is 0 Å². The number of aliphatic carboxylic acids is 1. The Morgan fingerprint density at radius 1 is 1.50 bits per heavy atom. The van der Waals surface area contributed by atoms with Crippen LogP contribution < -0.4 is 0 Å². The van der Waals surface area contributed by atoms with E-state index in [9.17, 15) is 4.79 Å². The quantitative estimate of drug-likeness (QED) is 0.480. The minimum Gasteiger partial charge on any atom is -0.481 e. The second kappa shape index (κ2) is 7.39. The second-order valence-electron chi connectivity index (χ2n) is 2.12. The van der Waals surface area contributed by atoms with Crippen molar-refractivity contribution in [2.75, 3.05) is 25.7 Å². The van der Waals surface area contributed by atoms with E-state index in [0.29, 0.717) is 11.5 Å². The Morgan fingerprint density at radius 2 is 2.08 bits per heavy atom. The Kier molecular flexibility index (Phi) is 7.23. The Hall–Kier alpha value is -0.260. The molecule has 0 aliphatic rings. The summed E-state index contributed by atoms with van der Waals surface area (Å²) in [6, 6.07) is 0. The number of methoxy groups -OCH3 is 2. The maximum absolute atomic E-state index is 10.1. The number of ether oxygens (including phenoxy) is 2. The fourth-order valence-electron chi connectivity index (χ4n) is 0.571. The normalized spacial score (nSPS) is 10.6. The van der Waals surface area contributed by atoms with Gasteiger partial charge in [-0.3, -0.25) is 4.79 Å². The highest BCUT2D eigenvalue weighted by molar-refractivity contribution is 7.99. The van der Waals surface area contributed by atoms with Crippen LogP contribution in [0.3, 0.4) is 0 Å². The fraction of sp³-hybridized carbons (Fsp3) is 0.857. The molecule has 0 amide bonds. The topological polar surface area (TPSA) is 55.8 Å². The van der Waals surface area contributed by atoms with Gasteiger partial charge < -0.3 is 14.6 Å². The largest absolute Gasteiger partial charge is 0.481 e. The molecule has 0 saturated carbocycles.